The summed E-state index contributed by atoms with van der Waals surface area (Å²) in [7, 11) is 0. The van der Waals surface area contributed by atoms with Crippen molar-refractivity contribution in [1.29, 1.82) is 0 Å². The number of carbonyl (C=O) groups is 1. The van der Waals surface area contributed by atoms with E-state index in [4.69, 9.17) is 0 Å². The van der Waals surface area contributed by atoms with Gasteiger partial charge < -0.3 is 10.6 Å². The van der Waals surface area contributed by atoms with E-state index in [1.165, 1.54) is 6.07 Å². The predicted octanol–water partition coefficient (Wildman–Crippen LogP) is 2.54. The van der Waals surface area contributed by atoms with Gasteiger partial charge in [0.05, 0.1) is 5.54 Å². The first-order valence-electron chi connectivity index (χ1n) is 6.54. The standard InChI is InChI=1S/C14H18F2N2O.ClH/c1-2-14(6-3-7-18-14)13(19)17-9-10-4-5-11(15)12(16)8-10;/h4-5,8,18H,2-3,6-7,9H2,1H3,(H,17,19);1H. The Kier molecular flexibility index (Phi) is 5.89. The maximum atomic E-state index is 13.0. The van der Waals surface area contributed by atoms with Gasteiger partial charge in [0.15, 0.2) is 11.6 Å². The Morgan fingerprint density at radius 3 is 2.70 bits per heavy atom. The maximum Gasteiger partial charge on any atom is 0.240 e. The van der Waals surface area contributed by atoms with E-state index < -0.39 is 17.2 Å². The Hall–Kier alpha value is -1.20. The highest BCUT2D eigenvalue weighted by atomic mass is 35.5. The van der Waals surface area contributed by atoms with Gasteiger partial charge in [0.1, 0.15) is 0 Å². The fraction of sp³-hybridized carbons (Fsp3) is 0.500. The van der Waals surface area contributed by atoms with Crippen LogP contribution < -0.4 is 10.6 Å². The van der Waals surface area contributed by atoms with E-state index in [2.05, 4.69) is 10.6 Å². The van der Waals surface area contributed by atoms with Crippen LogP contribution in [0.1, 0.15) is 31.7 Å². The van der Waals surface area contributed by atoms with Gasteiger partial charge in [-0.25, -0.2) is 8.78 Å². The highest BCUT2D eigenvalue weighted by molar-refractivity contribution is 5.86. The SMILES string of the molecule is CCC1(C(=O)NCc2ccc(F)c(F)c2)CCCN1.Cl. The van der Waals surface area contributed by atoms with Gasteiger partial charge >= 0.3 is 0 Å². The zero-order chi connectivity index (χ0) is 13.9. The van der Waals surface area contributed by atoms with Gasteiger partial charge in [-0.3, -0.25) is 4.79 Å². The number of nitrogens with one attached hydrogen (secondary N) is 2. The molecule has 1 aromatic carbocycles. The Bertz CT molecular complexity index is 476. The lowest BCUT2D eigenvalue weighted by molar-refractivity contribution is -0.127. The summed E-state index contributed by atoms with van der Waals surface area (Å²) < 4.78 is 25.8. The number of amides is 1. The highest BCUT2D eigenvalue weighted by Gasteiger charge is 2.38. The molecule has 0 aromatic heterocycles. The molecule has 0 bridgehead atoms. The Morgan fingerprint density at radius 2 is 2.15 bits per heavy atom. The number of halogens is 3. The third-order valence-electron chi connectivity index (χ3n) is 3.72. The van der Waals surface area contributed by atoms with Gasteiger partial charge in [0.2, 0.25) is 5.91 Å². The molecule has 3 nitrogen and oxygen atoms in total. The van der Waals surface area contributed by atoms with Crippen molar-refractivity contribution in [1.82, 2.24) is 10.6 Å². The fourth-order valence-corrected chi connectivity index (χ4v) is 2.46. The number of carbonyl (C=O) groups excluding carboxylic acids is 1. The lowest BCUT2D eigenvalue weighted by atomic mass is 9.93. The summed E-state index contributed by atoms with van der Waals surface area (Å²) in [6, 6.07) is 3.65. The maximum absolute atomic E-state index is 13.0. The normalized spacial score (nSPS) is 21.4. The van der Waals surface area contributed by atoms with E-state index >= 15 is 0 Å². The van der Waals surface area contributed by atoms with E-state index in [0.29, 0.717) is 5.56 Å². The van der Waals surface area contributed by atoms with Crippen molar-refractivity contribution < 1.29 is 13.6 Å². The zero-order valence-corrected chi connectivity index (χ0v) is 12.2. The molecule has 1 amide bonds. The molecule has 20 heavy (non-hydrogen) atoms. The van der Waals surface area contributed by atoms with E-state index in [0.717, 1.165) is 37.9 Å². The van der Waals surface area contributed by atoms with Gasteiger partial charge in [0.25, 0.3) is 0 Å². The molecule has 1 aliphatic rings. The van der Waals surface area contributed by atoms with Gasteiger partial charge in [-0.2, -0.15) is 0 Å². The minimum Gasteiger partial charge on any atom is -0.350 e. The summed E-state index contributed by atoms with van der Waals surface area (Å²) in [5, 5.41) is 6.02. The van der Waals surface area contributed by atoms with E-state index in [-0.39, 0.29) is 24.9 Å². The molecule has 1 heterocycles. The van der Waals surface area contributed by atoms with Crippen LogP contribution in [0.25, 0.3) is 0 Å². The average Bonchev–Trinajstić information content (AvgIpc) is 2.90. The summed E-state index contributed by atoms with van der Waals surface area (Å²) in [6.07, 6.45) is 2.51. The van der Waals surface area contributed by atoms with Crippen LogP contribution in [0.3, 0.4) is 0 Å². The minimum atomic E-state index is -0.893. The first-order chi connectivity index (χ1) is 9.07. The highest BCUT2D eigenvalue weighted by Crippen LogP contribution is 2.23. The Labute approximate surface area is 123 Å². The van der Waals surface area contributed by atoms with Crippen LogP contribution in [0, 0.1) is 11.6 Å². The number of hydrogen-bond donors (Lipinski definition) is 2. The molecule has 1 aliphatic heterocycles. The average molecular weight is 305 g/mol. The molecular weight excluding hydrogens is 286 g/mol. The second kappa shape index (κ2) is 6.99. The van der Waals surface area contributed by atoms with Crippen LogP contribution in [0.15, 0.2) is 18.2 Å². The summed E-state index contributed by atoms with van der Waals surface area (Å²) >= 11 is 0. The number of rotatable bonds is 4. The molecule has 1 atom stereocenters. The van der Waals surface area contributed by atoms with Crippen molar-refractivity contribution in [3.8, 4) is 0 Å². The molecular formula is C14H19ClF2N2O. The summed E-state index contributed by atoms with van der Waals surface area (Å²) in [4.78, 5) is 12.2. The second-order valence-corrected chi connectivity index (χ2v) is 4.90. The van der Waals surface area contributed by atoms with Crippen LogP contribution in [0.4, 0.5) is 8.78 Å². The van der Waals surface area contributed by atoms with Crippen molar-refractivity contribution in [2.45, 2.75) is 38.3 Å². The fourth-order valence-electron chi connectivity index (χ4n) is 2.46. The number of benzene rings is 1. The molecule has 2 rings (SSSR count). The second-order valence-electron chi connectivity index (χ2n) is 4.90. The topological polar surface area (TPSA) is 41.1 Å². The molecule has 2 N–H and O–H groups in total. The van der Waals surface area contributed by atoms with Gasteiger partial charge in [-0.15, -0.1) is 12.4 Å². The molecule has 6 heteroatoms. The van der Waals surface area contributed by atoms with Gasteiger partial charge in [-0.1, -0.05) is 13.0 Å². The van der Waals surface area contributed by atoms with Crippen molar-refractivity contribution in [2.24, 2.45) is 0 Å². The van der Waals surface area contributed by atoms with Crippen molar-refractivity contribution in [3.63, 3.8) is 0 Å². The van der Waals surface area contributed by atoms with Crippen molar-refractivity contribution in [3.05, 3.63) is 35.4 Å². The first-order valence-corrected chi connectivity index (χ1v) is 6.54. The predicted molar refractivity (Wildman–Crippen MR) is 75.7 cm³/mol. The molecule has 1 saturated heterocycles. The van der Waals surface area contributed by atoms with E-state index in [9.17, 15) is 13.6 Å². The molecule has 0 aliphatic carbocycles. The van der Waals surface area contributed by atoms with Crippen molar-refractivity contribution in [2.75, 3.05) is 6.54 Å². The van der Waals surface area contributed by atoms with Crippen LogP contribution in [0.2, 0.25) is 0 Å². The lowest BCUT2D eigenvalue weighted by Crippen LogP contribution is -2.52. The largest absolute Gasteiger partial charge is 0.350 e. The van der Waals surface area contributed by atoms with Gasteiger partial charge in [-0.05, 0) is 43.5 Å². The monoisotopic (exact) mass is 304 g/mol. The summed E-state index contributed by atoms with van der Waals surface area (Å²) in [5.74, 6) is -1.84. The Morgan fingerprint density at radius 1 is 1.40 bits per heavy atom. The van der Waals surface area contributed by atoms with Crippen LogP contribution in [0.5, 0.6) is 0 Å². The zero-order valence-electron chi connectivity index (χ0n) is 11.3. The van der Waals surface area contributed by atoms with Crippen LogP contribution in [-0.4, -0.2) is 18.0 Å². The third-order valence-corrected chi connectivity index (χ3v) is 3.72. The molecule has 0 saturated carbocycles. The van der Waals surface area contributed by atoms with Crippen LogP contribution >= 0.6 is 12.4 Å². The minimum absolute atomic E-state index is 0. The molecule has 1 aromatic rings. The summed E-state index contributed by atoms with van der Waals surface area (Å²) in [5.41, 5.74) is 0.0509. The lowest BCUT2D eigenvalue weighted by Gasteiger charge is -2.26. The summed E-state index contributed by atoms with van der Waals surface area (Å²) in [6.45, 7) is 3.02. The first kappa shape index (κ1) is 16.9. The molecule has 112 valence electrons. The van der Waals surface area contributed by atoms with E-state index in [1.54, 1.807) is 0 Å². The van der Waals surface area contributed by atoms with Gasteiger partial charge in [0, 0.05) is 6.54 Å². The molecule has 0 radical (unpaired) electrons. The third kappa shape index (κ3) is 3.46. The van der Waals surface area contributed by atoms with E-state index in [1.807, 2.05) is 6.92 Å². The smallest absolute Gasteiger partial charge is 0.240 e. The quantitative estimate of drug-likeness (QED) is 0.897. The number of hydrogen-bond acceptors (Lipinski definition) is 2. The molecule has 1 fully saturated rings. The Balaban J connectivity index is 0.00000200. The molecule has 1 unspecified atom stereocenters. The van der Waals surface area contributed by atoms with Crippen molar-refractivity contribution >= 4 is 18.3 Å². The molecule has 0 spiro atoms. The van der Waals surface area contributed by atoms with Crippen LogP contribution in [-0.2, 0) is 11.3 Å².